The van der Waals surface area contributed by atoms with Gasteiger partial charge < -0.3 is 9.47 Å². The Bertz CT molecular complexity index is 701. The van der Waals surface area contributed by atoms with E-state index in [2.05, 4.69) is 22.4 Å². The third kappa shape index (κ3) is 3.01. The topological polar surface area (TPSA) is 72.5 Å². The van der Waals surface area contributed by atoms with Crippen molar-refractivity contribution in [3.63, 3.8) is 0 Å². The van der Waals surface area contributed by atoms with Gasteiger partial charge >= 0.3 is 0 Å². The van der Waals surface area contributed by atoms with E-state index in [9.17, 15) is 4.79 Å². The molecule has 0 fully saturated rings. The Morgan fingerprint density at radius 1 is 1.09 bits per heavy atom. The number of hydrogen-bond acceptors (Lipinski definition) is 5. The Kier molecular flexibility index (Phi) is 3.91. The van der Waals surface area contributed by atoms with Crippen LogP contribution in [0.25, 0.3) is 5.70 Å². The number of nitrogens with one attached hydrogen (secondary N) is 2. The molecular formula is C16H15N3O3. The maximum atomic E-state index is 11.9. The third-order valence-electron chi connectivity index (χ3n) is 3.14. The van der Waals surface area contributed by atoms with Crippen LogP contribution >= 0.6 is 0 Å². The second-order valence-electron chi connectivity index (χ2n) is 4.66. The molecule has 2 N–H and O–H groups in total. The standard InChI is InChI=1S/C16H15N3O3/c1-11(18-19-16(20)13-3-2-6-17-10-13)12-4-5-14-15(9-12)22-8-7-21-14/h2-6,9-10,18H,1,7-8H2,(H,19,20). The van der Waals surface area contributed by atoms with Gasteiger partial charge in [-0.15, -0.1) is 0 Å². The quantitative estimate of drug-likeness (QED) is 0.841. The van der Waals surface area contributed by atoms with Gasteiger partial charge in [0.05, 0.1) is 11.3 Å². The number of hydrazine groups is 1. The van der Waals surface area contributed by atoms with Gasteiger partial charge in [-0.3, -0.25) is 20.6 Å². The number of hydrogen-bond donors (Lipinski definition) is 2. The smallest absolute Gasteiger partial charge is 0.271 e. The van der Waals surface area contributed by atoms with Crippen LogP contribution in [0.4, 0.5) is 0 Å². The Morgan fingerprint density at radius 2 is 1.91 bits per heavy atom. The minimum absolute atomic E-state index is 0.285. The highest BCUT2D eigenvalue weighted by Gasteiger charge is 2.13. The first-order valence-electron chi connectivity index (χ1n) is 6.79. The normalized spacial score (nSPS) is 12.4. The average molecular weight is 297 g/mol. The molecule has 0 saturated heterocycles. The number of ether oxygens (including phenoxy) is 2. The van der Waals surface area contributed by atoms with Gasteiger partial charge in [0.15, 0.2) is 11.5 Å². The summed E-state index contributed by atoms with van der Waals surface area (Å²) in [4.78, 5) is 15.8. The van der Waals surface area contributed by atoms with E-state index in [1.807, 2.05) is 18.2 Å². The first kappa shape index (κ1) is 13.9. The van der Waals surface area contributed by atoms with Crippen molar-refractivity contribution < 1.29 is 14.3 Å². The molecule has 0 aliphatic carbocycles. The van der Waals surface area contributed by atoms with Gasteiger partial charge in [0, 0.05) is 18.0 Å². The maximum absolute atomic E-state index is 11.9. The molecule has 1 amide bonds. The largest absolute Gasteiger partial charge is 0.486 e. The predicted molar refractivity (Wildman–Crippen MR) is 81.3 cm³/mol. The highest BCUT2D eigenvalue weighted by atomic mass is 16.6. The second-order valence-corrected chi connectivity index (χ2v) is 4.66. The molecule has 6 nitrogen and oxygen atoms in total. The third-order valence-corrected chi connectivity index (χ3v) is 3.14. The summed E-state index contributed by atoms with van der Waals surface area (Å²) in [6.45, 7) is 4.97. The van der Waals surface area contributed by atoms with Crippen molar-refractivity contribution in [1.82, 2.24) is 15.8 Å². The van der Waals surface area contributed by atoms with Crippen LogP contribution in [-0.4, -0.2) is 24.1 Å². The summed E-state index contributed by atoms with van der Waals surface area (Å²) in [5.41, 5.74) is 7.18. The van der Waals surface area contributed by atoms with Crippen LogP contribution in [0.5, 0.6) is 11.5 Å². The van der Waals surface area contributed by atoms with E-state index < -0.39 is 0 Å². The molecule has 0 saturated carbocycles. The number of carbonyl (C=O) groups is 1. The molecule has 112 valence electrons. The van der Waals surface area contributed by atoms with E-state index in [4.69, 9.17) is 9.47 Å². The molecule has 1 aromatic heterocycles. The van der Waals surface area contributed by atoms with Crippen molar-refractivity contribution >= 4 is 11.6 Å². The van der Waals surface area contributed by atoms with Crippen molar-refractivity contribution in [3.05, 3.63) is 60.4 Å². The number of rotatable bonds is 4. The summed E-state index contributed by atoms with van der Waals surface area (Å²) in [7, 11) is 0. The van der Waals surface area contributed by atoms with Crippen LogP contribution in [0.15, 0.2) is 49.3 Å². The molecule has 0 atom stereocenters. The lowest BCUT2D eigenvalue weighted by Crippen LogP contribution is -2.35. The Balaban J connectivity index is 1.64. The number of pyridine rings is 1. The lowest BCUT2D eigenvalue weighted by atomic mass is 10.1. The molecule has 0 bridgehead atoms. The van der Waals surface area contributed by atoms with Gasteiger partial charge in [0.1, 0.15) is 13.2 Å². The molecule has 2 aromatic rings. The lowest BCUT2D eigenvalue weighted by Gasteiger charge is -2.19. The van der Waals surface area contributed by atoms with E-state index >= 15 is 0 Å². The molecule has 22 heavy (non-hydrogen) atoms. The number of amides is 1. The minimum Gasteiger partial charge on any atom is -0.486 e. The van der Waals surface area contributed by atoms with E-state index in [1.54, 1.807) is 18.3 Å². The van der Waals surface area contributed by atoms with Crippen LogP contribution in [0.1, 0.15) is 15.9 Å². The van der Waals surface area contributed by atoms with Crippen molar-refractivity contribution in [2.75, 3.05) is 13.2 Å². The summed E-state index contributed by atoms with van der Waals surface area (Å²) in [5, 5.41) is 0. The Labute approximate surface area is 127 Å². The first-order valence-corrected chi connectivity index (χ1v) is 6.79. The molecular weight excluding hydrogens is 282 g/mol. The van der Waals surface area contributed by atoms with E-state index in [0.29, 0.717) is 36.0 Å². The van der Waals surface area contributed by atoms with Crippen LogP contribution in [-0.2, 0) is 0 Å². The zero-order chi connectivity index (χ0) is 15.4. The monoisotopic (exact) mass is 297 g/mol. The van der Waals surface area contributed by atoms with E-state index in [1.165, 1.54) is 6.20 Å². The molecule has 1 aliphatic rings. The summed E-state index contributed by atoms with van der Waals surface area (Å²) in [6.07, 6.45) is 3.10. The maximum Gasteiger partial charge on any atom is 0.271 e. The fourth-order valence-corrected chi connectivity index (χ4v) is 2.00. The van der Waals surface area contributed by atoms with Crippen LogP contribution in [0.2, 0.25) is 0 Å². The number of fused-ring (bicyclic) bond motifs is 1. The summed E-state index contributed by atoms with van der Waals surface area (Å²) in [6, 6.07) is 8.86. The molecule has 1 aromatic carbocycles. The fraction of sp³-hybridized carbons (Fsp3) is 0.125. The zero-order valence-corrected chi connectivity index (χ0v) is 11.8. The van der Waals surface area contributed by atoms with Gasteiger partial charge in [0.25, 0.3) is 5.91 Å². The summed E-state index contributed by atoms with van der Waals surface area (Å²) in [5.74, 6) is 1.10. The number of carbonyl (C=O) groups excluding carboxylic acids is 1. The van der Waals surface area contributed by atoms with Crippen LogP contribution in [0.3, 0.4) is 0 Å². The fourth-order valence-electron chi connectivity index (χ4n) is 2.00. The van der Waals surface area contributed by atoms with Crippen LogP contribution < -0.4 is 20.3 Å². The van der Waals surface area contributed by atoms with Gasteiger partial charge in [0.2, 0.25) is 0 Å². The molecule has 0 spiro atoms. The molecule has 1 aliphatic heterocycles. The van der Waals surface area contributed by atoms with Crippen molar-refractivity contribution in [3.8, 4) is 11.5 Å². The summed E-state index contributed by atoms with van der Waals surface area (Å²) >= 11 is 0. The zero-order valence-electron chi connectivity index (χ0n) is 11.8. The predicted octanol–water partition coefficient (Wildman–Crippen LogP) is 1.76. The van der Waals surface area contributed by atoms with E-state index in [0.717, 1.165) is 5.56 Å². The highest BCUT2D eigenvalue weighted by molar-refractivity contribution is 5.94. The van der Waals surface area contributed by atoms with Crippen LogP contribution in [0, 0.1) is 0 Å². The Hall–Kier alpha value is -3.02. The van der Waals surface area contributed by atoms with Crippen molar-refractivity contribution in [1.29, 1.82) is 0 Å². The van der Waals surface area contributed by atoms with Crippen molar-refractivity contribution in [2.24, 2.45) is 0 Å². The Morgan fingerprint density at radius 3 is 2.68 bits per heavy atom. The minimum atomic E-state index is -0.285. The SMILES string of the molecule is C=C(NNC(=O)c1cccnc1)c1ccc2c(c1)OCCO2. The molecule has 0 unspecified atom stereocenters. The van der Waals surface area contributed by atoms with Gasteiger partial charge in [-0.05, 0) is 30.3 Å². The molecule has 3 rings (SSSR count). The van der Waals surface area contributed by atoms with Gasteiger partial charge in [-0.25, -0.2) is 0 Å². The van der Waals surface area contributed by atoms with Crippen molar-refractivity contribution in [2.45, 2.75) is 0 Å². The summed E-state index contributed by atoms with van der Waals surface area (Å²) < 4.78 is 11.0. The lowest BCUT2D eigenvalue weighted by molar-refractivity contribution is 0.0942. The number of nitrogens with zero attached hydrogens (tertiary/aromatic N) is 1. The van der Waals surface area contributed by atoms with Gasteiger partial charge in [-0.2, -0.15) is 0 Å². The van der Waals surface area contributed by atoms with E-state index in [-0.39, 0.29) is 5.91 Å². The number of aromatic nitrogens is 1. The molecule has 2 heterocycles. The molecule has 0 radical (unpaired) electrons. The second kappa shape index (κ2) is 6.17. The molecule has 6 heteroatoms. The number of benzene rings is 1. The van der Waals surface area contributed by atoms with Gasteiger partial charge in [-0.1, -0.05) is 6.58 Å². The average Bonchev–Trinajstić information content (AvgIpc) is 2.59. The first-order chi connectivity index (χ1) is 10.7. The highest BCUT2D eigenvalue weighted by Crippen LogP contribution is 2.31.